The van der Waals surface area contributed by atoms with E-state index in [0.29, 0.717) is 38.3 Å². The number of anilines is 2. The Morgan fingerprint density at radius 1 is 1.03 bits per heavy atom. The zero-order chi connectivity index (χ0) is 24.2. The summed E-state index contributed by atoms with van der Waals surface area (Å²) in [5.41, 5.74) is -0.363. The van der Waals surface area contributed by atoms with Crippen molar-refractivity contribution in [1.29, 1.82) is 0 Å². The van der Waals surface area contributed by atoms with Crippen molar-refractivity contribution in [3.05, 3.63) is 59.7 Å². The van der Waals surface area contributed by atoms with Gasteiger partial charge in [-0.25, -0.2) is 0 Å². The Hall–Kier alpha value is -2.91. The summed E-state index contributed by atoms with van der Waals surface area (Å²) in [5, 5.41) is 5.70. The van der Waals surface area contributed by atoms with Crippen LogP contribution in [0.5, 0.6) is 0 Å². The Kier molecular flexibility index (Phi) is 7.23. The van der Waals surface area contributed by atoms with E-state index >= 15 is 0 Å². The van der Waals surface area contributed by atoms with Gasteiger partial charge in [0.25, 0.3) is 0 Å². The van der Waals surface area contributed by atoms with Crippen LogP contribution in [0.2, 0.25) is 0 Å². The van der Waals surface area contributed by atoms with Crippen LogP contribution in [-0.4, -0.2) is 38.1 Å². The van der Waals surface area contributed by atoms with E-state index in [1.165, 1.54) is 18.2 Å². The molecule has 0 radical (unpaired) electrons. The third-order valence-corrected chi connectivity index (χ3v) is 6.40. The molecule has 4 rings (SSSR count). The van der Waals surface area contributed by atoms with E-state index in [2.05, 4.69) is 10.6 Å². The summed E-state index contributed by atoms with van der Waals surface area (Å²) in [6.45, 7) is 1.85. The number of rotatable bonds is 8. The average Bonchev–Trinajstić information content (AvgIpc) is 3.51. The zero-order valence-corrected chi connectivity index (χ0v) is 18.6. The number of para-hydroxylation sites is 1. The van der Waals surface area contributed by atoms with E-state index in [9.17, 15) is 22.8 Å². The van der Waals surface area contributed by atoms with E-state index in [4.69, 9.17) is 9.47 Å². The molecule has 2 aromatic rings. The number of hydrogen-bond donors (Lipinski definition) is 2. The van der Waals surface area contributed by atoms with E-state index in [1.807, 2.05) is 0 Å². The first-order chi connectivity index (χ1) is 16.3. The minimum absolute atomic E-state index is 0.0310. The lowest BCUT2D eigenvalue weighted by molar-refractivity contribution is -0.137. The van der Waals surface area contributed by atoms with Crippen molar-refractivity contribution in [2.45, 2.75) is 32.0 Å². The molecule has 2 aromatic carbocycles. The lowest BCUT2D eigenvalue weighted by Gasteiger charge is -2.26. The fourth-order valence-electron chi connectivity index (χ4n) is 4.34. The zero-order valence-electron chi connectivity index (χ0n) is 18.6. The second-order valence-corrected chi connectivity index (χ2v) is 8.83. The van der Waals surface area contributed by atoms with E-state index in [-0.39, 0.29) is 42.9 Å². The maximum absolute atomic E-state index is 13.2. The van der Waals surface area contributed by atoms with Crippen molar-refractivity contribution >= 4 is 23.1 Å². The van der Waals surface area contributed by atoms with Gasteiger partial charge in [0.2, 0.25) is 5.91 Å². The number of carbonyl (C=O) groups excluding carboxylic acids is 2. The van der Waals surface area contributed by atoms with Crippen LogP contribution in [0.25, 0.3) is 0 Å². The third kappa shape index (κ3) is 5.59. The molecule has 9 heteroatoms. The summed E-state index contributed by atoms with van der Waals surface area (Å²) >= 11 is 0. The van der Waals surface area contributed by atoms with Gasteiger partial charge in [0, 0.05) is 37.8 Å². The van der Waals surface area contributed by atoms with Gasteiger partial charge in [0.15, 0.2) is 0 Å². The third-order valence-electron chi connectivity index (χ3n) is 6.40. The van der Waals surface area contributed by atoms with E-state index < -0.39 is 17.2 Å². The first-order valence-electron chi connectivity index (χ1n) is 11.3. The summed E-state index contributed by atoms with van der Waals surface area (Å²) in [6.07, 6.45) is -3.15. The number of ketones is 1. The molecule has 34 heavy (non-hydrogen) atoms. The fourth-order valence-corrected chi connectivity index (χ4v) is 4.34. The molecule has 0 saturated carbocycles. The maximum Gasteiger partial charge on any atom is 0.418 e. The van der Waals surface area contributed by atoms with Crippen LogP contribution < -0.4 is 10.6 Å². The fraction of sp³-hybridized carbons (Fsp3) is 0.440. The highest BCUT2D eigenvalue weighted by Gasteiger charge is 2.45. The van der Waals surface area contributed by atoms with Crippen LogP contribution in [-0.2, 0) is 31.8 Å². The second kappa shape index (κ2) is 10.1. The van der Waals surface area contributed by atoms with Gasteiger partial charge in [-0.2, -0.15) is 13.2 Å². The first-order valence-corrected chi connectivity index (χ1v) is 11.3. The minimum atomic E-state index is -4.46. The van der Waals surface area contributed by atoms with Gasteiger partial charge < -0.3 is 20.1 Å². The molecule has 2 saturated heterocycles. The summed E-state index contributed by atoms with van der Waals surface area (Å²) in [7, 11) is 0. The number of benzene rings is 2. The molecule has 2 aliphatic heterocycles. The molecule has 0 aliphatic carbocycles. The highest BCUT2D eigenvalue weighted by atomic mass is 19.4. The van der Waals surface area contributed by atoms with Crippen molar-refractivity contribution < 1.29 is 32.2 Å². The second-order valence-electron chi connectivity index (χ2n) is 8.83. The molecule has 0 aromatic heterocycles. The van der Waals surface area contributed by atoms with E-state index in [1.54, 1.807) is 24.3 Å². The molecule has 2 aliphatic rings. The van der Waals surface area contributed by atoms with Gasteiger partial charge >= 0.3 is 6.18 Å². The van der Waals surface area contributed by atoms with Crippen molar-refractivity contribution in [3.63, 3.8) is 0 Å². The van der Waals surface area contributed by atoms with Gasteiger partial charge in [-0.15, -0.1) is 0 Å². The predicted molar refractivity (Wildman–Crippen MR) is 119 cm³/mol. The molecular weight excluding hydrogens is 449 g/mol. The van der Waals surface area contributed by atoms with Crippen LogP contribution in [0.1, 0.15) is 30.4 Å². The van der Waals surface area contributed by atoms with Crippen molar-refractivity contribution in [1.82, 2.24) is 5.32 Å². The van der Waals surface area contributed by atoms with Gasteiger partial charge in [0.1, 0.15) is 5.78 Å². The Morgan fingerprint density at radius 3 is 2.44 bits per heavy atom. The Labute approximate surface area is 195 Å². The van der Waals surface area contributed by atoms with Crippen LogP contribution >= 0.6 is 0 Å². The molecule has 2 heterocycles. The summed E-state index contributed by atoms with van der Waals surface area (Å²) in [5.74, 6) is -0.348. The molecule has 0 bridgehead atoms. The quantitative estimate of drug-likeness (QED) is 0.588. The van der Waals surface area contributed by atoms with Gasteiger partial charge in [0.05, 0.1) is 29.9 Å². The Balaban J connectivity index is 1.36. The Morgan fingerprint density at radius 2 is 1.79 bits per heavy atom. The summed E-state index contributed by atoms with van der Waals surface area (Å²) < 4.78 is 50.4. The Bertz CT molecular complexity index is 1010. The molecule has 6 nitrogen and oxygen atoms in total. The molecule has 1 amide bonds. The van der Waals surface area contributed by atoms with Crippen molar-refractivity contribution in [3.8, 4) is 0 Å². The van der Waals surface area contributed by atoms with E-state index in [0.717, 1.165) is 11.6 Å². The number of nitrogens with one attached hydrogen (secondary N) is 2. The minimum Gasteiger partial charge on any atom is -0.381 e. The van der Waals surface area contributed by atoms with Crippen LogP contribution in [0.4, 0.5) is 24.5 Å². The number of amides is 1. The highest BCUT2D eigenvalue weighted by molar-refractivity contribution is 5.91. The average molecular weight is 476 g/mol. The van der Waals surface area contributed by atoms with Crippen molar-refractivity contribution in [2.24, 2.45) is 11.3 Å². The monoisotopic (exact) mass is 476 g/mol. The van der Waals surface area contributed by atoms with Crippen LogP contribution in [0, 0.1) is 11.3 Å². The molecular formula is C25H27F3N2O4. The van der Waals surface area contributed by atoms with Gasteiger partial charge in [-0.1, -0.05) is 24.3 Å². The number of ether oxygens (including phenoxy) is 2. The molecule has 182 valence electrons. The molecule has 1 unspecified atom stereocenters. The number of Topliss-reactive ketones (excluding diaryl/α,β-unsaturated/α-hetero) is 1. The SMILES string of the molecule is O=C(C[C@@]1(C(=O)NCc2ccc(Nc3ccccc3C(F)(F)F)cc2)CCOC1)C1CCOC1. The molecule has 2 fully saturated rings. The van der Waals surface area contributed by atoms with Gasteiger partial charge in [-0.05, 0) is 42.7 Å². The normalized spacial score (nSPS) is 22.5. The molecule has 2 atom stereocenters. The molecule has 2 N–H and O–H groups in total. The number of halogens is 3. The lowest BCUT2D eigenvalue weighted by atomic mass is 9.78. The first kappa shape index (κ1) is 24.2. The largest absolute Gasteiger partial charge is 0.418 e. The number of carbonyl (C=O) groups is 2. The standard InChI is InChI=1S/C25H27F3N2O4/c26-25(27,28)20-3-1-2-4-21(20)30-19-7-5-17(6-8-19)14-29-23(32)24(10-12-34-16-24)13-22(31)18-9-11-33-15-18/h1-8,18,30H,9-16H2,(H,29,32)/t18?,24-/m0/s1. The lowest BCUT2D eigenvalue weighted by Crippen LogP contribution is -2.43. The number of alkyl halides is 3. The highest BCUT2D eigenvalue weighted by Crippen LogP contribution is 2.36. The van der Waals surface area contributed by atoms with Crippen molar-refractivity contribution in [2.75, 3.05) is 31.7 Å². The summed E-state index contributed by atoms with van der Waals surface area (Å²) in [4.78, 5) is 25.7. The topological polar surface area (TPSA) is 76.7 Å². The summed E-state index contributed by atoms with van der Waals surface area (Å²) in [6, 6.07) is 12.1. The smallest absolute Gasteiger partial charge is 0.381 e. The van der Waals surface area contributed by atoms with Crippen LogP contribution in [0.3, 0.4) is 0 Å². The predicted octanol–water partition coefficient (Wildman–Crippen LogP) is 4.47. The van der Waals surface area contributed by atoms with Gasteiger partial charge in [-0.3, -0.25) is 9.59 Å². The number of hydrogen-bond acceptors (Lipinski definition) is 5. The maximum atomic E-state index is 13.2. The molecule has 0 spiro atoms. The van der Waals surface area contributed by atoms with Crippen LogP contribution in [0.15, 0.2) is 48.5 Å².